The average molecular weight is 278 g/mol. The minimum absolute atomic E-state index is 0.712. The van der Waals surface area contributed by atoms with E-state index in [1.165, 1.54) is 11.3 Å². The molecule has 0 saturated carbocycles. The summed E-state index contributed by atoms with van der Waals surface area (Å²) in [4.78, 5) is 2.43. The summed E-state index contributed by atoms with van der Waals surface area (Å²) >= 11 is 0. The van der Waals surface area contributed by atoms with Gasteiger partial charge in [-0.2, -0.15) is 0 Å². The van der Waals surface area contributed by atoms with Gasteiger partial charge in [-0.1, -0.05) is 26.8 Å². The van der Waals surface area contributed by atoms with E-state index in [-0.39, 0.29) is 0 Å². The van der Waals surface area contributed by atoms with Gasteiger partial charge < -0.3 is 15.0 Å². The fourth-order valence-electron chi connectivity index (χ4n) is 2.36. The Morgan fingerprint density at radius 3 is 2.30 bits per heavy atom. The van der Waals surface area contributed by atoms with Gasteiger partial charge in [0.25, 0.3) is 0 Å². The predicted molar refractivity (Wildman–Crippen MR) is 87.8 cm³/mol. The largest absolute Gasteiger partial charge is 0.492 e. The zero-order chi connectivity index (χ0) is 14.8. The first kappa shape index (κ1) is 16.8. The summed E-state index contributed by atoms with van der Waals surface area (Å²) in [5, 5.41) is 3.36. The van der Waals surface area contributed by atoms with E-state index in [4.69, 9.17) is 4.74 Å². The van der Waals surface area contributed by atoms with E-state index in [9.17, 15) is 0 Å². The molecule has 0 unspecified atom stereocenters. The summed E-state index contributed by atoms with van der Waals surface area (Å²) in [6.07, 6.45) is 2.31. The van der Waals surface area contributed by atoms with Gasteiger partial charge in [0.1, 0.15) is 5.75 Å². The SMILES string of the molecule is CCCN(CCC)c1ccc(CNCC)cc1OCC. The van der Waals surface area contributed by atoms with Crippen LogP contribution in [0.3, 0.4) is 0 Å². The number of ether oxygens (including phenoxy) is 1. The summed E-state index contributed by atoms with van der Waals surface area (Å²) in [5.41, 5.74) is 2.52. The van der Waals surface area contributed by atoms with Crippen LogP contribution in [0.15, 0.2) is 18.2 Å². The number of nitrogens with one attached hydrogen (secondary N) is 1. The highest BCUT2D eigenvalue weighted by atomic mass is 16.5. The molecule has 1 aromatic carbocycles. The number of benzene rings is 1. The van der Waals surface area contributed by atoms with Gasteiger partial charge >= 0.3 is 0 Å². The van der Waals surface area contributed by atoms with Crippen molar-refractivity contribution >= 4 is 5.69 Å². The van der Waals surface area contributed by atoms with Crippen LogP contribution in [0, 0.1) is 0 Å². The van der Waals surface area contributed by atoms with E-state index < -0.39 is 0 Å². The molecule has 0 aromatic heterocycles. The standard InChI is InChI=1S/C17H30N2O/c1-5-11-19(12-6-2)16-10-9-15(14-18-7-3)13-17(16)20-8-4/h9-10,13,18H,5-8,11-12,14H2,1-4H3. The number of hydrogen-bond donors (Lipinski definition) is 1. The van der Waals surface area contributed by atoms with Crippen molar-refractivity contribution in [3.63, 3.8) is 0 Å². The number of nitrogens with zero attached hydrogens (tertiary/aromatic N) is 1. The van der Waals surface area contributed by atoms with Crippen LogP contribution in [0.25, 0.3) is 0 Å². The Balaban J connectivity index is 2.96. The van der Waals surface area contributed by atoms with Crippen LogP contribution in [-0.2, 0) is 6.54 Å². The third-order valence-corrected chi connectivity index (χ3v) is 3.23. The molecule has 3 nitrogen and oxygen atoms in total. The van der Waals surface area contributed by atoms with Crippen molar-refractivity contribution in [2.24, 2.45) is 0 Å². The first-order chi connectivity index (χ1) is 9.76. The highest BCUT2D eigenvalue weighted by Gasteiger charge is 2.11. The lowest BCUT2D eigenvalue weighted by molar-refractivity contribution is 0.340. The second-order valence-corrected chi connectivity index (χ2v) is 5.00. The van der Waals surface area contributed by atoms with Crippen molar-refractivity contribution in [1.29, 1.82) is 0 Å². The summed E-state index contributed by atoms with van der Waals surface area (Å²) < 4.78 is 5.86. The van der Waals surface area contributed by atoms with Crippen LogP contribution in [0.4, 0.5) is 5.69 Å². The van der Waals surface area contributed by atoms with Gasteiger partial charge in [-0.25, -0.2) is 0 Å². The molecule has 0 amide bonds. The Hall–Kier alpha value is -1.22. The van der Waals surface area contributed by atoms with Gasteiger partial charge in [0.05, 0.1) is 12.3 Å². The van der Waals surface area contributed by atoms with Crippen LogP contribution >= 0.6 is 0 Å². The molecule has 0 radical (unpaired) electrons. The van der Waals surface area contributed by atoms with Gasteiger partial charge in [0.2, 0.25) is 0 Å². The van der Waals surface area contributed by atoms with E-state index in [2.05, 4.69) is 49.2 Å². The van der Waals surface area contributed by atoms with Crippen LogP contribution in [0.2, 0.25) is 0 Å². The molecule has 0 atom stereocenters. The van der Waals surface area contributed by atoms with E-state index in [1.54, 1.807) is 0 Å². The first-order valence-corrected chi connectivity index (χ1v) is 7.98. The smallest absolute Gasteiger partial charge is 0.142 e. The monoisotopic (exact) mass is 278 g/mol. The number of anilines is 1. The Kier molecular flexibility index (Phi) is 8.12. The molecule has 114 valence electrons. The van der Waals surface area contributed by atoms with Crippen LogP contribution in [0.5, 0.6) is 5.75 Å². The molecule has 0 aliphatic rings. The van der Waals surface area contributed by atoms with Crippen molar-refractivity contribution in [3.05, 3.63) is 23.8 Å². The fraction of sp³-hybridized carbons (Fsp3) is 0.647. The topological polar surface area (TPSA) is 24.5 Å². The summed E-state index contributed by atoms with van der Waals surface area (Å²) in [7, 11) is 0. The lowest BCUT2D eigenvalue weighted by Crippen LogP contribution is -2.25. The molecule has 0 bridgehead atoms. The van der Waals surface area contributed by atoms with Crippen molar-refractivity contribution < 1.29 is 4.74 Å². The van der Waals surface area contributed by atoms with E-state index in [1.807, 2.05) is 6.92 Å². The van der Waals surface area contributed by atoms with Gasteiger partial charge in [-0.05, 0) is 44.0 Å². The van der Waals surface area contributed by atoms with Gasteiger partial charge in [0.15, 0.2) is 0 Å². The maximum atomic E-state index is 5.86. The van der Waals surface area contributed by atoms with Crippen molar-refractivity contribution in [3.8, 4) is 5.75 Å². The molecular weight excluding hydrogens is 248 g/mol. The highest BCUT2D eigenvalue weighted by molar-refractivity contribution is 5.60. The number of rotatable bonds is 10. The van der Waals surface area contributed by atoms with Gasteiger partial charge in [-0.15, -0.1) is 0 Å². The summed E-state index contributed by atoms with van der Waals surface area (Å²) in [6.45, 7) is 13.4. The van der Waals surface area contributed by atoms with E-state index >= 15 is 0 Å². The fourth-order valence-corrected chi connectivity index (χ4v) is 2.36. The minimum Gasteiger partial charge on any atom is -0.492 e. The predicted octanol–water partition coefficient (Wildman–Crippen LogP) is 3.82. The molecule has 1 aromatic rings. The number of hydrogen-bond acceptors (Lipinski definition) is 3. The molecule has 1 N–H and O–H groups in total. The molecule has 0 fully saturated rings. The average Bonchev–Trinajstić information content (AvgIpc) is 2.45. The lowest BCUT2D eigenvalue weighted by atomic mass is 10.1. The summed E-state index contributed by atoms with van der Waals surface area (Å²) in [6, 6.07) is 6.60. The molecule has 0 saturated heterocycles. The van der Waals surface area contributed by atoms with E-state index in [0.717, 1.165) is 44.8 Å². The zero-order valence-electron chi connectivity index (χ0n) is 13.5. The maximum Gasteiger partial charge on any atom is 0.142 e. The van der Waals surface area contributed by atoms with Crippen LogP contribution in [0.1, 0.15) is 46.1 Å². The minimum atomic E-state index is 0.712. The van der Waals surface area contributed by atoms with Crippen LogP contribution < -0.4 is 15.0 Å². The van der Waals surface area contributed by atoms with Crippen molar-refractivity contribution in [1.82, 2.24) is 5.32 Å². The molecule has 1 rings (SSSR count). The quantitative estimate of drug-likeness (QED) is 0.704. The van der Waals surface area contributed by atoms with E-state index in [0.29, 0.717) is 6.61 Å². The Labute approximate surface area is 124 Å². The van der Waals surface area contributed by atoms with Crippen molar-refractivity contribution in [2.45, 2.75) is 47.1 Å². The maximum absolute atomic E-state index is 5.86. The second kappa shape index (κ2) is 9.65. The molecule has 0 aliphatic heterocycles. The molecule has 0 heterocycles. The lowest BCUT2D eigenvalue weighted by Gasteiger charge is -2.26. The Bertz CT molecular complexity index is 373. The molecular formula is C17H30N2O. The second-order valence-electron chi connectivity index (χ2n) is 5.00. The molecule has 20 heavy (non-hydrogen) atoms. The zero-order valence-corrected chi connectivity index (χ0v) is 13.5. The third kappa shape index (κ3) is 5.04. The normalized spacial score (nSPS) is 10.6. The van der Waals surface area contributed by atoms with Gasteiger partial charge in [0, 0.05) is 19.6 Å². The third-order valence-electron chi connectivity index (χ3n) is 3.23. The molecule has 3 heteroatoms. The van der Waals surface area contributed by atoms with Crippen molar-refractivity contribution in [2.75, 3.05) is 31.1 Å². The van der Waals surface area contributed by atoms with Crippen LogP contribution in [-0.4, -0.2) is 26.2 Å². The Morgan fingerprint density at radius 2 is 1.75 bits per heavy atom. The highest BCUT2D eigenvalue weighted by Crippen LogP contribution is 2.30. The molecule has 0 spiro atoms. The molecule has 0 aliphatic carbocycles. The summed E-state index contributed by atoms with van der Waals surface area (Å²) in [5.74, 6) is 1.02. The first-order valence-electron chi connectivity index (χ1n) is 7.98. The van der Waals surface area contributed by atoms with Gasteiger partial charge in [-0.3, -0.25) is 0 Å². The Morgan fingerprint density at radius 1 is 1.05 bits per heavy atom.